The van der Waals surface area contributed by atoms with Gasteiger partial charge in [0.25, 0.3) is 0 Å². The quantitative estimate of drug-likeness (QED) is 0.819. The van der Waals surface area contributed by atoms with Gasteiger partial charge in [0.2, 0.25) is 11.8 Å². The fraction of sp³-hybridized carbons (Fsp3) is 0.200. The molecule has 0 saturated carbocycles. The van der Waals surface area contributed by atoms with Crippen LogP contribution in [0.25, 0.3) is 11.4 Å². The Morgan fingerprint density at radius 1 is 1.48 bits per heavy atom. The number of carbonyl (C=O) groups is 2. The van der Waals surface area contributed by atoms with Gasteiger partial charge in [-0.3, -0.25) is 14.7 Å². The highest BCUT2D eigenvalue weighted by atomic mass is 35.5. The van der Waals surface area contributed by atoms with Gasteiger partial charge in [-0.1, -0.05) is 18.2 Å². The van der Waals surface area contributed by atoms with Crippen molar-refractivity contribution in [2.45, 2.75) is 6.92 Å². The molecule has 7 nitrogen and oxygen atoms in total. The van der Waals surface area contributed by atoms with E-state index in [9.17, 15) is 9.59 Å². The van der Waals surface area contributed by atoms with E-state index in [1.165, 1.54) is 11.9 Å². The smallest absolute Gasteiger partial charge is 0.246 e. The molecular weight excluding hydrogens is 318 g/mol. The minimum Gasteiger partial charge on any atom is -0.333 e. The lowest BCUT2D eigenvalue weighted by molar-refractivity contribution is -0.129. The number of halogens is 1. The molecule has 120 valence electrons. The normalized spacial score (nSPS) is 10.2. The molecule has 2 N–H and O–H groups in total. The largest absolute Gasteiger partial charge is 0.333 e. The van der Waals surface area contributed by atoms with Crippen molar-refractivity contribution in [3.05, 3.63) is 41.7 Å². The maximum absolute atomic E-state index is 11.9. The van der Waals surface area contributed by atoms with Crippen molar-refractivity contribution in [1.82, 2.24) is 20.1 Å². The second kappa shape index (κ2) is 7.06. The van der Waals surface area contributed by atoms with E-state index >= 15 is 0 Å². The summed E-state index contributed by atoms with van der Waals surface area (Å²) < 4.78 is 0. The SMILES string of the molecule is C=CC(=O)N(C)CC(=O)Nc1ccc(-c2n[nH]c(C)n2)c(Cl)c1. The number of carbonyl (C=O) groups excluding carboxylic acids is 2. The summed E-state index contributed by atoms with van der Waals surface area (Å²) in [6.45, 7) is 5.08. The summed E-state index contributed by atoms with van der Waals surface area (Å²) in [5, 5.41) is 9.88. The Kier molecular flexibility index (Phi) is 5.13. The van der Waals surface area contributed by atoms with Crippen molar-refractivity contribution < 1.29 is 9.59 Å². The third-order valence-electron chi connectivity index (χ3n) is 3.02. The standard InChI is InChI=1S/C15H16ClN5O2/c1-4-14(23)21(3)8-13(22)18-10-5-6-11(12(16)7-10)15-17-9(2)19-20-15/h4-7H,1,8H2,2-3H3,(H,18,22)(H,17,19,20). The second-order valence-corrected chi connectivity index (χ2v) is 5.29. The molecule has 0 radical (unpaired) electrons. The van der Waals surface area contributed by atoms with Gasteiger partial charge in [0.1, 0.15) is 5.82 Å². The first-order valence-corrected chi connectivity index (χ1v) is 7.15. The molecule has 0 atom stereocenters. The van der Waals surface area contributed by atoms with Crippen LogP contribution in [0.1, 0.15) is 5.82 Å². The van der Waals surface area contributed by atoms with Crippen LogP contribution < -0.4 is 5.32 Å². The highest BCUT2D eigenvalue weighted by Gasteiger charge is 2.12. The van der Waals surface area contributed by atoms with Crippen LogP contribution in [0, 0.1) is 6.92 Å². The van der Waals surface area contributed by atoms with Gasteiger partial charge < -0.3 is 10.2 Å². The zero-order valence-corrected chi connectivity index (χ0v) is 13.5. The molecule has 1 aromatic carbocycles. The van der Waals surface area contributed by atoms with E-state index in [2.05, 4.69) is 27.1 Å². The number of benzene rings is 1. The fourth-order valence-corrected chi connectivity index (χ4v) is 2.15. The molecule has 23 heavy (non-hydrogen) atoms. The molecule has 8 heteroatoms. The van der Waals surface area contributed by atoms with Crippen LogP contribution in [-0.2, 0) is 9.59 Å². The lowest BCUT2D eigenvalue weighted by Gasteiger charge is -2.14. The Morgan fingerprint density at radius 3 is 2.78 bits per heavy atom. The zero-order chi connectivity index (χ0) is 17.0. The summed E-state index contributed by atoms with van der Waals surface area (Å²) in [5.74, 6) is 0.513. The predicted octanol–water partition coefficient (Wildman–Crippen LogP) is 2.02. The number of likely N-dealkylation sites (N-methyl/N-ethyl adjacent to an activating group) is 1. The molecule has 0 fully saturated rings. The molecule has 0 saturated heterocycles. The highest BCUT2D eigenvalue weighted by molar-refractivity contribution is 6.33. The zero-order valence-electron chi connectivity index (χ0n) is 12.8. The van der Waals surface area contributed by atoms with Crippen molar-refractivity contribution in [2.75, 3.05) is 18.9 Å². The lowest BCUT2D eigenvalue weighted by Crippen LogP contribution is -2.33. The van der Waals surface area contributed by atoms with Gasteiger partial charge in [0, 0.05) is 18.3 Å². The van der Waals surface area contributed by atoms with Gasteiger partial charge in [-0.15, -0.1) is 0 Å². The van der Waals surface area contributed by atoms with E-state index < -0.39 is 0 Å². The number of rotatable bonds is 5. The Balaban J connectivity index is 2.07. The predicted molar refractivity (Wildman–Crippen MR) is 88.0 cm³/mol. The number of hydrogen-bond donors (Lipinski definition) is 2. The summed E-state index contributed by atoms with van der Waals surface area (Å²) in [5.41, 5.74) is 1.18. The minimum atomic E-state index is -0.333. The lowest BCUT2D eigenvalue weighted by atomic mass is 10.2. The fourth-order valence-electron chi connectivity index (χ4n) is 1.89. The van der Waals surface area contributed by atoms with Gasteiger partial charge in [0.05, 0.1) is 11.6 Å². The summed E-state index contributed by atoms with van der Waals surface area (Å²) in [6, 6.07) is 5.02. The maximum Gasteiger partial charge on any atom is 0.246 e. The third kappa shape index (κ3) is 4.17. The van der Waals surface area contributed by atoms with Crippen LogP contribution in [0.2, 0.25) is 5.02 Å². The molecule has 2 rings (SSSR count). The van der Waals surface area contributed by atoms with E-state index in [1.54, 1.807) is 25.1 Å². The minimum absolute atomic E-state index is 0.0790. The van der Waals surface area contributed by atoms with Crippen molar-refractivity contribution >= 4 is 29.1 Å². The average molecular weight is 334 g/mol. The first-order chi connectivity index (χ1) is 10.9. The molecule has 0 aliphatic carbocycles. The Hall–Kier alpha value is -2.67. The van der Waals surface area contributed by atoms with Crippen LogP contribution in [0.5, 0.6) is 0 Å². The summed E-state index contributed by atoms with van der Waals surface area (Å²) in [7, 11) is 1.52. The molecular formula is C15H16ClN5O2. The number of aryl methyl sites for hydroxylation is 1. The molecule has 1 heterocycles. The monoisotopic (exact) mass is 333 g/mol. The average Bonchev–Trinajstić information content (AvgIpc) is 2.92. The Labute approximate surface area is 138 Å². The number of amides is 2. The number of nitrogens with zero attached hydrogens (tertiary/aromatic N) is 3. The molecule has 1 aromatic heterocycles. The third-order valence-corrected chi connectivity index (χ3v) is 3.34. The first-order valence-electron chi connectivity index (χ1n) is 6.77. The van der Waals surface area contributed by atoms with Crippen molar-refractivity contribution in [3.8, 4) is 11.4 Å². The summed E-state index contributed by atoms with van der Waals surface area (Å²) >= 11 is 6.21. The summed E-state index contributed by atoms with van der Waals surface area (Å²) in [4.78, 5) is 28.7. The molecule has 2 aromatic rings. The van der Waals surface area contributed by atoms with Crippen molar-refractivity contribution in [3.63, 3.8) is 0 Å². The van der Waals surface area contributed by atoms with Crippen LogP contribution in [-0.4, -0.2) is 45.5 Å². The molecule has 0 bridgehead atoms. The highest BCUT2D eigenvalue weighted by Crippen LogP contribution is 2.28. The number of aromatic nitrogens is 3. The summed E-state index contributed by atoms with van der Waals surface area (Å²) in [6.07, 6.45) is 1.15. The maximum atomic E-state index is 11.9. The number of hydrogen-bond acceptors (Lipinski definition) is 4. The molecule has 0 spiro atoms. The molecule has 0 aliphatic heterocycles. The van der Waals surface area contributed by atoms with Crippen LogP contribution in [0.4, 0.5) is 5.69 Å². The number of aromatic amines is 1. The van der Waals surface area contributed by atoms with Crippen LogP contribution in [0.3, 0.4) is 0 Å². The topological polar surface area (TPSA) is 91.0 Å². The van der Waals surface area contributed by atoms with Gasteiger partial charge in [-0.2, -0.15) is 5.10 Å². The van der Waals surface area contributed by atoms with E-state index in [-0.39, 0.29) is 18.4 Å². The van der Waals surface area contributed by atoms with E-state index in [0.717, 1.165) is 6.08 Å². The van der Waals surface area contributed by atoms with Gasteiger partial charge in [-0.25, -0.2) is 4.98 Å². The second-order valence-electron chi connectivity index (χ2n) is 4.89. The van der Waals surface area contributed by atoms with Crippen molar-refractivity contribution in [1.29, 1.82) is 0 Å². The molecule has 2 amide bonds. The van der Waals surface area contributed by atoms with E-state index in [0.29, 0.717) is 27.9 Å². The number of anilines is 1. The van der Waals surface area contributed by atoms with E-state index in [1.807, 2.05) is 0 Å². The van der Waals surface area contributed by atoms with Crippen molar-refractivity contribution in [2.24, 2.45) is 0 Å². The van der Waals surface area contributed by atoms with Gasteiger partial charge >= 0.3 is 0 Å². The van der Waals surface area contributed by atoms with Crippen LogP contribution in [0.15, 0.2) is 30.9 Å². The number of nitrogens with one attached hydrogen (secondary N) is 2. The molecule has 0 unspecified atom stereocenters. The molecule has 0 aliphatic rings. The van der Waals surface area contributed by atoms with Crippen LogP contribution >= 0.6 is 11.6 Å². The van der Waals surface area contributed by atoms with E-state index in [4.69, 9.17) is 11.6 Å². The van der Waals surface area contributed by atoms with Gasteiger partial charge in [0.15, 0.2) is 5.82 Å². The Bertz CT molecular complexity index is 756. The first kappa shape index (κ1) is 16.7. The van der Waals surface area contributed by atoms with Gasteiger partial charge in [-0.05, 0) is 31.2 Å². The Morgan fingerprint density at radius 2 is 2.22 bits per heavy atom. The number of H-pyrrole nitrogens is 1.